The SMILES string of the molecule is CN(Cc1ccccc1F)C(=O)CCc1cccc(Cl)c1. The first-order valence-corrected chi connectivity index (χ1v) is 7.16. The number of aryl methyl sites for hydroxylation is 1. The summed E-state index contributed by atoms with van der Waals surface area (Å²) in [6.07, 6.45) is 1.01. The first-order chi connectivity index (χ1) is 10.1. The molecule has 0 unspecified atom stereocenters. The minimum Gasteiger partial charge on any atom is -0.341 e. The quantitative estimate of drug-likeness (QED) is 0.815. The van der Waals surface area contributed by atoms with Crippen LogP contribution >= 0.6 is 11.6 Å². The maximum Gasteiger partial charge on any atom is 0.222 e. The van der Waals surface area contributed by atoms with Crippen molar-refractivity contribution >= 4 is 17.5 Å². The Morgan fingerprint density at radius 3 is 2.67 bits per heavy atom. The van der Waals surface area contributed by atoms with Crippen molar-refractivity contribution in [3.8, 4) is 0 Å². The molecule has 110 valence electrons. The average Bonchev–Trinajstić information content (AvgIpc) is 2.47. The molecular weight excluding hydrogens is 289 g/mol. The van der Waals surface area contributed by atoms with Crippen LogP contribution in [0, 0.1) is 5.82 Å². The molecule has 2 aromatic rings. The van der Waals surface area contributed by atoms with Gasteiger partial charge in [0, 0.05) is 30.6 Å². The number of rotatable bonds is 5. The summed E-state index contributed by atoms with van der Waals surface area (Å²) in [5.74, 6) is -0.301. The molecule has 1 amide bonds. The maximum absolute atomic E-state index is 13.6. The normalized spacial score (nSPS) is 10.4. The molecule has 0 aromatic heterocycles. The number of hydrogen-bond acceptors (Lipinski definition) is 1. The Hall–Kier alpha value is -1.87. The topological polar surface area (TPSA) is 20.3 Å². The molecule has 0 atom stereocenters. The summed E-state index contributed by atoms with van der Waals surface area (Å²) in [5.41, 5.74) is 1.55. The third kappa shape index (κ3) is 4.57. The third-order valence-corrected chi connectivity index (χ3v) is 3.54. The monoisotopic (exact) mass is 305 g/mol. The van der Waals surface area contributed by atoms with E-state index in [2.05, 4.69) is 0 Å². The van der Waals surface area contributed by atoms with Crippen molar-refractivity contribution in [2.24, 2.45) is 0 Å². The van der Waals surface area contributed by atoms with Gasteiger partial charge in [0.15, 0.2) is 0 Å². The van der Waals surface area contributed by atoms with E-state index >= 15 is 0 Å². The van der Waals surface area contributed by atoms with Crippen LogP contribution in [0.25, 0.3) is 0 Å². The molecule has 2 aromatic carbocycles. The van der Waals surface area contributed by atoms with Gasteiger partial charge in [0.25, 0.3) is 0 Å². The van der Waals surface area contributed by atoms with Crippen molar-refractivity contribution in [2.75, 3.05) is 7.05 Å². The zero-order chi connectivity index (χ0) is 15.2. The molecule has 0 saturated heterocycles. The number of carbonyl (C=O) groups is 1. The van der Waals surface area contributed by atoms with Crippen LogP contribution < -0.4 is 0 Å². The highest BCUT2D eigenvalue weighted by Gasteiger charge is 2.11. The highest BCUT2D eigenvalue weighted by Crippen LogP contribution is 2.14. The van der Waals surface area contributed by atoms with Gasteiger partial charge >= 0.3 is 0 Å². The van der Waals surface area contributed by atoms with Gasteiger partial charge in [0.2, 0.25) is 5.91 Å². The Bertz CT molecular complexity index is 630. The summed E-state index contributed by atoms with van der Waals surface area (Å²) >= 11 is 5.91. The zero-order valence-corrected chi connectivity index (χ0v) is 12.6. The van der Waals surface area contributed by atoms with E-state index in [0.29, 0.717) is 23.4 Å². The first-order valence-electron chi connectivity index (χ1n) is 6.78. The van der Waals surface area contributed by atoms with Crippen LogP contribution in [-0.4, -0.2) is 17.9 Å². The zero-order valence-electron chi connectivity index (χ0n) is 11.9. The molecule has 0 N–H and O–H groups in total. The Kier molecular flexibility index (Phi) is 5.34. The van der Waals surface area contributed by atoms with Crippen LogP contribution in [0.5, 0.6) is 0 Å². The Balaban J connectivity index is 1.90. The van der Waals surface area contributed by atoms with Crippen LogP contribution in [0.1, 0.15) is 17.5 Å². The summed E-state index contributed by atoms with van der Waals surface area (Å²) in [7, 11) is 1.69. The molecule has 2 rings (SSSR count). The lowest BCUT2D eigenvalue weighted by molar-refractivity contribution is -0.130. The predicted octanol–water partition coefficient (Wildman–Crippen LogP) is 4.07. The summed E-state index contributed by atoms with van der Waals surface area (Å²) in [6.45, 7) is 0.279. The lowest BCUT2D eigenvalue weighted by atomic mass is 10.1. The summed E-state index contributed by atoms with van der Waals surface area (Å²) in [6, 6.07) is 14.0. The Labute approximate surface area is 129 Å². The van der Waals surface area contributed by atoms with Crippen molar-refractivity contribution in [3.05, 3.63) is 70.5 Å². The second-order valence-electron chi connectivity index (χ2n) is 4.97. The number of amides is 1. The second-order valence-corrected chi connectivity index (χ2v) is 5.41. The molecule has 0 aliphatic heterocycles. The number of halogens is 2. The average molecular weight is 306 g/mol. The maximum atomic E-state index is 13.6. The van der Waals surface area contributed by atoms with Gasteiger partial charge in [-0.25, -0.2) is 4.39 Å². The smallest absolute Gasteiger partial charge is 0.222 e. The fraction of sp³-hybridized carbons (Fsp3) is 0.235. The molecule has 0 spiro atoms. The van der Waals surface area contributed by atoms with Gasteiger partial charge in [-0.05, 0) is 30.2 Å². The molecule has 0 heterocycles. The van der Waals surface area contributed by atoms with E-state index in [-0.39, 0.29) is 18.3 Å². The Morgan fingerprint density at radius 2 is 1.95 bits per heavy atom. The molecule has 2 nitrogen and oxygen atoms in total. The van der Waals surface area contributed by atoms with Gasteiger partial charge in [-0.15, -0.1) is 0 Å². The molecule has 21 heavy (non-hydrogen) atoms. The lowest BCUT2D eigenvalue weighted by Crippen LogP contribution is -2.26. The van der Waals surface area contributed by atoms with E-state index in [4.69, 9.17) is 11.6 Å². The van der Waals surface area contributed by atoms with Crippen molar-refractivity contribution < 1.29 is 9.18 Å². The highest BCUT2D eigenvalue weighted by atomic mass is 35.5. The summed E-state index contributed by atoms with van der Waals surface area (Å²) in [5, 5.41) is 0.666. The summed E-state index contributed by atoms with van der Waals surface area (Å²) < 4.78 is 13.6. The van der Waals surface area contributed by atoms with Gasteiger partial charge < -0.3 is 4.90 Å². The van der Waals surface area contributed by atoms with Crippen molar-refractivity contribution in [1.82, 2.24) is 4.90 Å². The number of carbonyl (C=O) groups excluding carboxylic acids is 1. The van der Waals surface area contributed by atoms with Gasteiger partial charge in [0.1, 0.15) is 5.82 Å². The molecule has 0 bridgehead atoms. The number of hydrogen-bond donors (Lipinski definition) is 0. The number of nitrogens with zero attached hydrogens (tertiary/aromatic N) is 1. The van der Waals surface area contributed by atoms with E-state index in [0.717, 1.165) is 5.56 Å². The molecule has 0 aliphatic carbocycles. The van der Waals surface area contributed by atoms with E-state index in [1.807, 2.05) is 18.2 Å². The minimum atomic E-state index is -0.285. The Morgan fingerprint density at radius 1 is 1.19 bits per heavy atom. The van der Waals surface area contributed by atoms with Gasteiger partial charge in [-0.3, -0.25) is 4.79 Å². The largest absolute Gasteiger partial charge is 0.341 e. The molecular formula is C17H17ClFNO. The van der Waals surface area contributed by atoms with Crippen molar-refractivity contribution in [2.45, 2.75) is 19.4 Å². The van der Waals surface area contributed by atoms with E-state index in [9.17, 15) is 9.18 Å². The molecule has 0 saturated carbocycles. The standard InChI is InChI=1S/C17H17ClFNO/c1-20(12-14-6-2-3-8-16(14)19)17(21)10-9-13-5-4-7-15(18)11-13/h2-8,11H,9-10,12H2,1H3. The van der Waals surface area contributed by atoms with Gasteiger partial charge in [-0.2, -0.15) is 0 Å². The highest BCUT2D eigenvalue weighted by molar-refractivity contribution is 6.30. The van der Waals surface area contributed by atoms with Gasteiger partial charge in [-0.1, -0.05) is 41.9 Å². The minimum absolute atomic E-state index is 0.0155. The lowest BCUT2D eigenvalue weighted by Gasteiger charge is -2.17. The summed E-state index contributed by atoms with van der Waals surface area (Å²) in [4.78, 5) is 13.6. The fourth-order valence-electron chi connectivity index (χ4n) is 2.10. The van der Waals surface area contributed by atoms with Crippen LogP contribution in [0.4, 0.5) is 4.39 Å². The van der Waals surface area contributed by atoms with E-state index in [1.54, 1.807) is 36.2 Å². The van der Waals surface area contributed by atoms with Crippen molar-refractivity contribution in [3.63, 3.8) is 0 Å². The van der Waals surface area contributed by atoms with Crippen molar-refractivity contribution in [1.29, 1.82) is 0 Å². The van der Waals surface area contributed by atoms with E-state index in [1.165, 1.54) is 6.07 Å². The van der Waals surface area contributed by atoms with Crippen LogP contribution in [0.3, 0.4) is 0 Å². The van der Waals surface area contributed by atoms with E-state index < -0.39 is 0 Å². The second kappa shape index (κ2) is 7.23. The van der Waals surface area contributed by atoms with Gasteiger partial charge in [0.05, 0.1) is 0 Å². The first kappa shape index (κ1) is 15.5. The van der Waals surface area contributed by atoms with Crippen LogP contribution in [0.15, 0.2) is 48.5 Å². The molecule has 4 heteroatoms. The number of benzene rings is 2. The predicted molar refractivity (Wildman–Crippen MR) is 82.6 cm³/mol. The fourth-order valence-corrected chi connectivity index (χ4v) is 2.32. The molecule has 0 aliphatic rings. The van der Waals surface area contributed by atoms with Crippen LogP contribution in [0.2, 0.25) is 5.02 Å². The molecule has 0 fully saturated rings. The van der Waals surface area contributed by atoms with Crippen LogP contribution in [-0.2, 0) is 17.8 Å². The molecule has 0 radical (unpaired) electrons. The third-order valence-electron chi connectivity index (χ3n) is 3.31.